The molecule has 8 heteroatoms. The summed E-state index contributed by atoms with van der Waals surface area (Å²) in [6, 6.07) is 9.30. The number of aromatic amines is 1. The number of carbonyl (C=O) groups excluding carboxylic acids is 1. The van der Waals surface area contributed by atoms with Gasteiger partial charge in [0.25, 0.3) is 5.91 Å². The highest BCUT2D eigenvalue weighted by molar-refractivity contribution is 6.07. The monoisotopic (exact) mass is 366 g/mol. The highest BCUT2D eigenvalue weighted by Gasteiger charge is 2.08. The zero-order valence-electron chi connectivity index (χ0n) is 14.7. The van der Waals surface area contributed by atoms with E-state index in [-0.39, 0.29) is 18.3 Å². The number of H-pyrrole nitrogens is 1. The van der Waals surface area contributed by atoms with Gasteiger partial charge in [-0.15, -0.1) is 0 Å². The Bertz CT molecular complexity index is 948. The number of anilines is 1. The van der Waals surface area contributed by atoms with E-state index in [9.17, 15) is 4.79 Å². The normalized spacial score (nSPS) is 10.7. The van der Waals surface area contributed by atoms with E-state index in [0.717, 1.165) is 16.5 Å². The maximum atomic E-state index is 12.2. The second-order valence-electron chi connectivity index (χ2n) is 6.08. The van der Waals surface area contributed by atoms with E-state index >= 15 is 0 Å². The van der Waals surface area contributed by atoms with Crippen LogP contribution < -0.4 is 16.4 Å². The molecule has 0 aliphatic rings. The number of benzene rings is 1. The first-order valence-electron chi connectivity index (χ1n) is 8.62. The third kappa shape index (κ3) is 4.42. The number of nitrogen functional groups attached to an aromatic ring is 1. The molecule has 3 aromatic rings. The zero-order valence-corrected chi connectivity index (χ0v) is 14.7. The Hall–Kier alpha value is -3.39. The smallest absolute Gasteiger partial charge is 0.252 e. The Morgan fingerprint density at radius 3 is 2.81 bits per heavy atom. The molecule has 7 N–H and O–H groups in total. The molecule has 2 heterocycles. The number of rotatable bonds is 8. The third-order valence-corrected chi connectivity index (χ3v) is 4.18. The maximum Gasteiger partial charge on any atom is 0.252 e. The van der Waals surface area contributed by atoms with Crippen LogP contribution in [-0.4, -0.2) is 46.5 Å². The average molecular weight is 366 g/mol. The van der Waals surface area contributed by atoms with Crippen molar-refractivity contribution in [3.05, 3.63) is 59.4 Å². The van der Waals surface area contributed by atoms with Gasteiger partial charge in [0.05, 0.1) is 12.2 Å². The Balaban J connectivity index is 1.57. The molecular weight excluding hydrogens is 344 g/mol. The lowest BCUT2D eigenvalue weighted by Gasteiger charge is -2.07. The predicted octanol–water partition coefficient (Wildman–Crippen LogP) is 1.22. The number of nitrogens with zero attached hydrogens (tertiary/aromatic N) is 1. The van der Waals surface area contributed by atoms with Crippen molar-refractivity contribution >= 4 is 28.5 Å². The number of pyridine rings is 1. The van der Waals surface area contributed by atoms with Crippen LogP contribution in [0.1, 0.15) is 21.5 Å². The number of carbonyl (C=O) groups is 1. The van der Waals surface area contributed by atoms with Crippen LogP contribution in [0.25, 0.3) is 10.9 Å². The molecule has 0 atom stereocenters. The van der Waals surface area contributed by atoms with Gasteiger partial charge in [0.15, 0.2) is 0 Å². The lowest BCUT2D eigenvalue weighted by molar-refractivity contribution is 0.0954. The molecule has 27 heavy (non-hydrogen) atoms. The molecule has 0 bridgehead atoms. The van der Waals surface area contributed by atoms with Gasteiger partial charge < -0.3 is 26.5 Å². The molecule has 0 saturated carbocycles. The van der Waals surface area contributed by atoms with E-state index < -0.39 is 0 Å². The molecule has 3 rings (SSSR count). The summed E-state index contributed by atoms with van der Waals surface area (Å²) in [7, 11) is 0. The van der Waals surface area contributed by atoms with Gasteiger partial charge in [0.1, 0.15) is 11.7 Å². The number of aliphatic hydroxyl groups excluding tert-OH is 1. The van der Waals surface area contributed by atoms with Gasteiger partial charge >= 0.3 is 0 Å². The van der Waals surface area contributed by atoms with Crippen molar-refractivity contribution in [1.82, 2.24) is 15.3 Å². The van der Waals surface area contributed by atoms with E-state index in [1.807, 2.05) is 18.2 Å². The minimum absolute atomic E-state index is 0.0202. The number of amides is 1. The van der Waals surface area contributed by atoms with Crippen molar-refractivity contribution in [2.24, 2.45) is 5.73 Å². The molecular formula is C19H22N6O2. The first kappa shape index (κ1) is 18.4. The number of aliphatic hydroxyl groups is 1. The van der Waals surface area contributed by atoms with Gasteiger partial charge in [0, 0.05) is 41.9 Å². The maximum absolute atomic E-state index is 12.2. The summed E-state index contributed by atoms with van der Waals surface area (Å²) in [5, 5.41) is 23.1. The van der Waals surface area contributed by atoms with Crippen molar-refractivity contribution in [2.75, 3.05) is 25.0 Å². The Kier molecular flexibility index (Phi) is 5.68. The van der Waals surface area contributed by atoms with Crippen LogP contribution in [0.2, 0.25) is 0 Å². The largest absolute Gasteiger partial charge is 0.395 e. The number of nitrogens with one attached hydrogen (secondary N) is 4. The Morgan fingerprint density at radius 2 is 2.11 bits per heavy atom. The quantitative estimate of drug-likeness (QED) is 0.263. The standard InChI is InChI=1S/C19H22N6O2/c20-18(21)15-11-24-16-3-1-12(9-14(15)16)5-6-23-19(27)13-2-4-17(25-10-13)22-7-8-26/h1-4,9-11,24,26H,5-8H2,(H3,20,21)(H,22,25)(H,23,27). The lowest BCUT2D eigenvalue weighted by Crippen LogP contribution is -2.25. The zero-order chi connectivity index (χ0) is 19.2. The van der Waals surface area contributed by atoms with Gasteiger partial charge in [-0.1, -0.05) is 6.07 Å². The fraction of sp³-hybridized carbons (Fsp3) is 0.211. The minimum Gasteiger partial charge on any atom is -0.395 e. The molecule has 0 fully saturated rings. The van der Waals surface area contributed by atoms with Crippen LogP contribution in [0.3, 0.4) is 0 Å². The number of hydrogen-bond acceptors (Lipinski definition) is 5. The highest BCUT2D eigenvalue weighted by atomic mass is 16.3. The van der Waals surface area contributed by atoms with E-state index in [2.05, 4.69) is 20.6 Å². The first-order chi connectivity index (χ1) is 13.1. The molecule has 0 aliphatic carbocycles. The van der Waals surface area contributed by atoms with Gasteiger partial charge in [0.2, 0.25) is 0 Å². The SMILES string of the molecule is N=C(N)c1c[nH]c2ccc(CCNC(=O)c3ccc(NCCO)nc3)cc12. The van der Waals surface area contributed by atoms with Crippen molar-refractivity contribution in [3.63, 3.8) is 0 Å². The van der Waals surface area contributed by atoms with Crippen LogP contribution >= 0.6 is 0 Å². The van der Waals surface area contributed by atoms with Crippen LogP contribution in [0.4, 0.5) is 5.82 Å². The number of aromatic nitrogens is 2. The molecule has 0 radical (unpaired) electrons. The molecule has 1 amide bonds. The molecule has 1 aromatic carbocycles. The molecule has 0 unspecified atom stereocenters. The van der Waals surface area contributed by atoms with Gasteiger partial charge in [-0.2, -0.15) is 0 Å². The second kappa shape index (κ2) is 8.33. The van der Waals surface area contributed by atoms with Crippen molar-refractivity contribution < 1.29 is 9.90 Å². The Morgan fingerprint density at radius 1 is 1.26 bits per heavy atom. The predicted molar refractivity (Wildman–Crippen MR) is 105 cm³/mol. The fourth-order valence-electron chi connectivity index (χ4n) is 2.79. The fourth-order valence-corrected chi connectivity index (χ4v) is 2.79. The average Bonchev–Trinajstić information content (AvgIpc) is 3.10. The summed E-state index contributed by atoms with van der Waals surface area (Å²) < 4.78 is 0. The van der Waals surface area contributed by atoms with Crippen LogP contribution in [0, 0.1) is 5.41 Å². The van der Waals surface area contributed by atoms with E-state index in [1.54, 1.807) is 18.3 Å². The van der Waals surface area contributed by atoms with Gasteiger partial charge in [-0.25, -0.2) is 4.98 Å². The number of fused-ring (bicyclic) bond motifs is 1. The number of amidine groups is 1. The van der Waals surface area contributed by atoms with Crippen molar-refractivity contribution in [2.45, 2.75) is 6.42 Å². The summed E-state index contributed by atoms with van der Waals surface area (Å²) in [5.74, 6) is 0.446. The van der Waals surface area contributed by atoms with Crippen molar-refractivity contribution in [3.8, 4) is 0 Å². The molecule has 0 aliphatic heterocycles. The lowest BCUT2D eigenvalue weighted by atomic mass is 10.1. The summed E-state index contributed by atoms with van der Waals surface area (Å²) in [5.41, 5.74) is 8.73. The third-order valence-electron chi connectivity index (χ3n) is 4.18. The molecule has 0 saturated heterocycles. The van der Waals surface area contributed by atoms with Gasteiger partial charge in [-0.3, -0.25) is 10.2 Å². The molecule has 8 nitrogen and oxygen atoms in total. The molecule has 140 valence electrons. The van der Waals surface area contributed by atoms with E-state index in [1.165, 1.54) is 6.20 Å². The number of nitrogens with two attached hydrogens (primary N) is 1. The van der Waals surface area contributed by atoms with Crippen molar-refractivity contribution in [1.29, 1.82) is 5.41 Å². The highest BCUT2D eigenvalue weighted by Crippen LogP contribution is 2.19. The topological polar surface area (TPSA) is 140 Å². The molecule has 0 spiro atoms. The molecule has 2 aromatic heterocycles. The van der Waals surface area contributed by atoms with E-state index in [4.69, 9.17) is 16.2 Å². The van der Waals surface area contributed by atoms with Crippen LogP contribution in [-0.2, 0) is 6.42 Å². The van der Waals surface area contributed by atoms with Crippen LogP contribution in [0.5, 0.6) is 0 Å². The second-order valence-corrected chi connectivity index (χ2v) is 6.08. The number of hydrogen-bond donors (Lipinski definition) is 6. The summed E-state index contributed by atoms with van der Waals surface area (Å²) >= 11 is 0. The van der Waals surface area contributed by atoms with Gasteiger partial charge in [-0.05, 0) is 36.2 Å². The Labute approximate surface area is 156 Å². The summed E-state index contributed by atoms with van der Waals surface area (Å²) in [6.07, 6.45) is 3.89. The minimum atomic E-state index is -0.191. The summed E-state index contributed by atoms with van der Waals surface area (Å²) in [4.78, 5) is 19.4. The first-order valence-corrected chi connectivity index (χ1v) is 8.62. The summed E-state index contributed by atoms with van der Waals surface area (Å²) in [6.45, 7) is 0.913. The van der Waals surface area contributed by atoms with E-state index in [0.29, 0.717) is 36.5 Å². The van der Waals surface area contributed by atoms with Crippen LogP contribution in [0.15, 0.2) is 42.7 Å².